The maximum absolute atomic E-state index is 14.0. The van der Waals surface area contributed by atoms with Gasteiger partial charge in [0.1, 0.15) is 6.10 Å². The molecule has 1 heterocycles. The molecule has 4 saturated carbocycles. The molecule has 0 spiro atoms. The first kappa shape index (κ1) is 39.5. The van der Waals surface area contributed by atoms with E-state index in [1.54, 1.807) is 20.0 Å². The third-order valence-corrected chi connectivity index (χ3v) is 15.9. The number of allylic oxidation sites excluding steroid dienone is 1. The zero-order valence-electron chi connectivity index (χ0n) is 34.2. The molecule has 9 heteroatoms. The quantitative estimate of drug-likeness (QED) is 0.228. The summed E-state index contributed by atoms with van der Waals surface area (Å²) < 4.78 is 6.16. The summed E-state index contributed by atoms with van der Waals surface area (Å²) in [5, 5.41) is 16.2. The maximum atomic E-state index is 14.0. The Kier molecular flexibility index (Phi) is 9.63. The van der Waals surface area contributed by atoms with Gasteiger partial charge in [-0.05, 0) is 142 Å². The lowest BCUT2D eigenvalue weighted by atomic mass is 9.33. The Morgan fingerprint density at radius 2 is 1.62 bits per heavy atom. The number of carboxylic acids is 1. The van der Waals surface area contributed by atoms with Gasteiger partial charge in [-0.15, -0.1) is 0 Å². The van der Waals surface area contributed by atoms with Crippen LogP contribution in [-0.4, -0.2) is 45.5 Å². The number of pyridine rings is 1. The molecule has 53 heavy (non-hydrogen) atoms. The molecule has 1 aromatic heterocycles. The van der Waals surface area contributed by atoms with E-state index in [4.69, 9.17) is 4.74 Å². The summed E-state index contributed by atoms with van der Waals surface area (Å²) in [6.45, 7) is 23.4. The van der Waals surface area contributed by atoms with E-state index in [0.717, 1.165) is 62.6 Å². The number of aromatic nitrogens is 1. The van der Waals surface area contributed by atoms with Crippen molar-refractivity contribution in [3.8, 4) is 0 Å². The number of carboxylic acid groups (broad SMARTS) is 1. The molecule has 2 amide bonds. The van der Waals surface area contributed by atoms with Crippen LogP contribution >= 0.6 is 0 Å². The van der Waals surface area contributed by atoms with Crippen molar-refractivity contribution in [2.24, 2.45) is 50.7 Å². The predicted molar refractivity (Wildman–Crippen MR) is 205 cm³/mol. The summed E-state index contributed by atoms with van der Waals surface area (Å²) in [5.74, 6) is -0.193. The number of carbonyl (C=O) groups is 4. The van der Waals surface area contributed by atoms with Crippen molar-refractivity contribution in [2.75, 3.05) is 0 Å². The first-order valence-corrected chi connectivity index (χ1v) is 20.2. The molecule has 6 rings (SSSR count). The molecular formula is C44H65N3O6. The number of fused-ring (bicyclic) bond motifs is 7. The number of ketones is 1. The molecule has 9 nitrogen and oxygen atoms in total. The first-order valence-electron chi connectivity index (χ1n) is 20.2. The van der Waals surface area contributed by atoms with Gasteiger partial charge in [-0.1, -0.05) is 54.5 Å². The second-order valence-electron chi connectivity index (χ2n) is 20.4. The van der Waals surface area contributed by atoms with Crippen LogP contribution in [0.1, 0.15) is 146 Å². The summed E-state index contributed by atoms with van der Waals surface area (Å²) in [5.41, 5.74) is 0.0706. The van der Waals surface area contributed by atoms with E-state index in [1.807, 2.05) is 32.0 Å². The number of aliphatic carboxylic acids is 1. The summed E-state index contributed by atoms with van der Waals surface area (Å²) in [6.07, 6.45) is 9.14. The van der Waals surface area contributed by atoms with E-state index in [1.165, 1.54) is 5.57 Å². The molecule has 3 N–H and O–H groups in total. The van der Waals surface area contributed by atoms with Crippen molar-refractivity contribution >= 4 is 23.8 Å². The Morgan fingerprint density at radius 1 is 0.925 bits per heavy atom. The van der Waals surface area contributed by atoms with Gasteiger partial charge < -0.3 is 20.5 Å². The number of hydrogen-bond donors (Lipinski definition) is 3. The van der Waals surface area contributed by atoms with Crippen molar-refractivity contribution in [3.05, 3.63) is 41.2 Å². The van der Waals surface area contributed by atoms with E-state index in [-0.39, 0.29) is 57.8 Å². The Balaban J connectivity index is 1.28. The van der Waals surface area contributed by atoms with Gasteiger partial charge in [0, 0.05) is 18.0 Å². The van der Waals surface area contributed by atoms with Crippen LogP contribution in [0.25, 0.3) is 0 Å². The number of Topliss-reactive ketones (excluding diaryl/α,β-unsaturated/α-hetero) is 1. The number of esters is 1. The summed E-state index contributed by atoms with van der Waals surface area (Å²) in [4.78, 5) is 57.3. The third-order valence-electron chi connectivity index (χ3n) is 15.9. The zero-order valence-corrected chi connectivity index (χ0v) is 34.2. The van der Waals surface area contributed by atoms with Crippen LogP contribution in [0.2, 0.25) is 0 Å². The van der Waals surface area contributed by atoms with Crippen molar-refractivity contribution in [1.82, 2.24) is 15.6 Å². The molecule has 0 radical (unpaired) electrons. The highest BCUT2D eigenvalue weighted by molar-refractivity contribution is 6.02. The van der Waals surface area contributed by atoms with Crippen LogP contribution < -0.4 is 10.6 Å². The molecule has 5 aliphatic rings. The van der Waals surface area contributed by atoms with Crippen LogP contribution in [0.3, 0.4) is 0 Å². The second-order valence-corrected chi connectivity index (χ2v) is 20.4. The molecule has 0 aromatic carbocycles. The van der Waals surface area contributed by atoms with Gasteiger partial charge in [0.2, 0.25) is 0 Å². The molecule has 0 saturated heterocycles. The fourth-order valence-electron chi connectivity index (χ4n) is 12.9. The highest BCUT2D eigenvalue weighted by Crippen LogP contribution is 2.76. The van der Waals surface area contributed by atoms with E-state index in [0.29, 0.717) is 18.3 Å². The smallest absolute Gasteiger partial charge is 0.316 e. The van der Waals surface area contributed by atoms with Gasteiger partial charge >= 0.3 is 18.0 Å². The monoisotopic (exact) mass is 731 g/mol. The van der Waals surface area contributed by atoms with Gasteiger partial charge in [0.05, 0.1) is 28.6 Å². The minimum absolute atomic E-state index is 0.0163. The normalized spacial score (nSPS) is 36.5. The number of hydrogen-bond acceptors (Lipinski definition) is 6. The van der Waals surface area contributed by atoms with Gasteiger partial charge in [0.25, 0.3) is 0 Å². The minimum Gasteiger partial charge on any atom is -0.481 e. The molecule has 4 fully saturated rings. The summed E-state index contributed by atoms with van der Waals surface area (Å²) in [7, 11) is 0. The van der Waals surface area contributed by atoms with Crippen molar-refractivity contribution in [1.29, 1.82) is 0 Å². The minimum atomic E-state index is -1.17. The van der Waals surface area contributed by atoms with Gasteiger partial charge in [-0.25, -0.2) is 4.79 Å². The van der Waals surface area contributed by atoms with Gasteiger partial charge in [-0.2, -0.15) is 0 Å². The highest BCUT2D eigenvalue weighted by atomic mass is 16.5. The van der Waals surface area contributed by atoms with Gasteiger partial charge in [-0.3, -0.25) is 19.4 Å². The lowest BCUT2D eigenvalue weighted by Crippen LogP contribution is -2.67. The Labute approximate surface area is 317 Å². The molecule has 0 bridgehead atoms. The number of nitrogens with one attached hydrogen (secondary N) is 2. The summed E-state index contributed by atoms with van der Waals surface area (Å²) >= 11 is 0. The molecule has 3 unspecified atom stereocenters. The van der Waals surface area contributed by atoms with Crippen molar-refractivity contribution in [3.63, 3.8) is 0 Å². The van der Waals surface area contributed by atoms with Crippen LogP contribution in [0.5, 0.6) is 0 Å². The molecule has 0 aliphatic heterocycles. The standard InChI is InChI=1S/C44H65N3O6/c1-26(2)34-28(48)24-44(47-37(52)46-40(7,8)31-14-12-13-23-45-31)22-21-42(10)27(35(34)44)15-16-30-41(9)19-18-32(53-33(49)25-38(3,4)36(50)51)39(5,6)29(41)17-20-43(30,42)11/h12-14,23,26-27,29-30,32H,15-22,24-25H2,1-11H3,(H,50,51)(H2,46,47,52)/t27?,29?,30?,32-,41-,42+,43+,44+/m0/s1. The van der Waals surface area contributed by atoms with Gasteiger partial charge in [0.15, 0.2) is 5.78 Å². The average molecular weight is 732 g/mol. The first-order chi connectivity index (χ1) is 24.5. The van der Waals surface area contributed by atoms with E-state index in [9.17, 15) is 24.3 Å². The Morgan fingerprint density at radius 3 is 2.25 bits per heavy atom. The van der Waals surface area contributed by atoms with E-state index >= 15 is 0 Å². The molecule has 5 aliphatic carbocycles. The third kappa shape index (κ3) is 6.14. The summed E-state index contributed by atoms with van der Waals surface area (Å²) in [6, 6.07) is 5.45. The SMILES string of the molecule is CC(C)C1=C2C3CCC4[C@@]5(C)CC[C@H](OC(=O)CC(C)(C)C(=O)O)C(C)(C)C5CC[C@@]4(C)[C@]3(C)CC[C@@]2(NC(=O)NC(C)(C)c2ccccn2)CC1=O. The predicted octanol–water partition coefficient (Wildman–Crippen LogP) is 8.76. The maximum Gasteiger partial charge on any atom is 0.316 e. The zero-order chi connectivity index (χ0) is 39.2. The Hall–Kier alpha value is -3.23. The largest absolute Gasteiger partial charge is 0.481 e. The van der Waals surface area contributed by atoms with Crippen molar-refractivity contribution in [2.45, 2.75) is 158 Å². The van der Waals surface area contributed by atoms with E-state index < -0.39 is 28.4 Å². The van der Waals surface area contributed by atoms with Crippen LogP contribution in [0.15, 0.2) is 35.5 Å². The number of urea groups is 1. The number of carbonyl (C=O) groups excluding carboxylic acids is 3. The second kappa shape index (κ2) is 12.9. The lowest BCUT2D eigenvalue weighted by Gasteiger charge is -2.72. The lowest BCUT2D eigenvalue weighted by molar-refractivity contribution is -0.232. The Bertz CT molecular complexity index is 1700. The topological polar surface area (TPSA) is 135 Å². The van der Waals surface area contributed by atoms with Crippen LogP contribution in [0, 0.1) is 50.7 Å². The number of rotatable bonds is 8. The van der Waals surface area contributed by atoms with Crippen LogP contribution in [-0.2, 0) is 24.7 Å². The average Bonchev–Trinajstić information content (AvgIpc) is 3.34. The fourth-order valence-corrected chi connectivity index (χ4v) is 12.9. The molecule has 1 aromatic rings. The fraction of sp³-hybridized carbons (Fsp3) is 0.750. The number of nitrogens with zero attached hydrogens (tertiary/aromatic N) is 1. The van der Waals surface area contributed by atoms with E-state index in [2.05, 4.69) is 64.1 Å². The number of ether oxygens (including phenoxy) is 1. The highest BCUT2D eigenvalue weighted by Gasteiger charge is 2.70. The van der Waals surface area contributed by atoms with Crippen molar-refractivity contribution < 1.29 is 29.0 Å². The van der Waals surface area contributed by atoms with Crippen LogP contribution in [0.4, 0.5) is 4.79 Å². The number of amides is 2. The molecular weight excluding hydrogens is 666 g/mol. The molecule has 8 atom stereocenters. The molecule has 292 valence electrons.